The molecule has 3 aromatic rings. The molecule has 0 radical (unpaired) electrons. The highest BCUT2D eigenvalue weighted by atomic mass is 19.4. The van der Waals surface area contributed by atoms with Crippen LogP contribution in [0.1, 0.15) is 16.7 Å². The van der Waals surface area contributed by atoms with Gasteiger partial charge in [0.1, 0.15) is 17.3 Å². The molecule has 2 aromatic heterocycles. The maximum atomic E-state index is 12.6. The molecule has 0 atom stereocenters. The van der Waals surface area contributed by atoms with Gasteiger partial charge in [0.2, 0.25) is 5.95 Å². The normalized spacial score (nSPS) is 11.0. The average Bonchev–Trinajstić information content (AvgIpc) is 2.66. The van der Waals surface area contributed by atoms with Gasteiger partial charge in [-0.1, -0.05) is 18.2 Å². The molecule has 0 aliphatic rings. The Balaban J connectivity index is 1.87. The molecular weight excluding hydrogens is 357 g/mol. The molecule has 0 amide bonds. The van der Waals surface area contributed by atoms with E-state index in [9.17, 15) is 18.4 Å². The van der Waals surface area contributed by atoms with Crippen molar-refractivity contribution >= 4 is 11.8 Å². The minimum absolute atomic E-state index is 0.0513. The number of pyridine rings is 1. The van der Waals surface area contributed by atoms with Crippen LogP contribution in [0, 0.1) is 11.3 Å². The number of nitrogens with zero attached hydrogens (tertiary/aromatic N) is 4. The van der Waals surface area contributed by atoms with Crippen LogP contribution in [0.15, 0.2) is 48.7 Å². The highest BCUT2D eigenvalue weighted by Gasteiger charge is 2.29. The van der Waals surface area contributed by atoms with Gasteiger partial charge in [0.25, 0.3) is 0 Å². The van der Waals surface area contributed by atoms with Crippen LogP contribution in [0.5, 0.6) is 0 Å². The van der Waals surface area contributed by atoms with Gasteiger partial charge in [0, 0.05) is 12.7 Å². The van der Waals surface area contributed by atoms with E-state index in [0.717, 1.165) is 12.1 Å². The Morgan fingerprint density at radius 2 is 1.81 bits per heavy atom. The third-order valence-corrected chi connectivity index (χ3v) is 3.69. The monoisotopic (exact) mass is 370 g/mol. The molecule has 27 heavy (non-hydrogen) atoms. The zero-order valence-corrected chi connectivity index (χ0v) is 13.8. The van der Waals surface area contributed by atoms with Gasteiger partial charge in [-0.2, -0.15) is 23.4 Å². The molecule has 0 unspecified atom stereocenters. The van der Waals surface area contributed by atoms with E-state index in [1.165, 1.54) is 12.1 Å². The molecule has 1 aromatic carbocycles. The topological polar surface area (TPSA) is 101 Å². The Kier molecular flexibility index (Phi) is 4.90. The zero-order chi connectivity index (χ0) is 19.4. The van der Waals surface area contributed by atoms with E-state index in [2.05, 4.69) is 20.3 Å². The van der Waals surface area contributed by atoms with E-state index < -0.39 is 11.7 Å². The zero-order valence-electron chi connectivity index (χ0n) is 13.8. The van der Waals surface area contributed by atoms with Gasteiger partial charge < -0.3 is 11.1 Å². The van der Waals surface area contributed by atoms with Crippen LogP contribution in [0.25, 0.3) is 11.4 Å². The van der Waals surface area contributed by atoms with Crippen LogP contribution < -0.4 is 11.1 Å². The maximum absolute atomic E-state index is 12.6. The van der Waals surface area contributed by atoms with Crippen molar-refractivity contribution in [2.24, 2.45) is 0 Å². The molecular formula is C18H13F3N6. The molecule has 2 heterocycles. The average molecular weight is 370 g/mol. The summed E-state index contributed by atoms with van der Waals surface area (Å²) in [7, 11) is 0. The second-order valence-electron chi connectivity index (χ2n) is 5.53. The third-order valence-electron chi connectivity index (χ3n) is 3.69. The third kappa shape index (κ3) is 4.12. The van der Waals surface area contributed by atoms with Crippen molar-refractivity contribution in [3.63, 3.8) is 0 Å². The Morgan fingerprint density at radius 3 is 2.41 bits per heavy atom. The number of hydrogen-bond donors (Lipinski definition) is 2. The largest absolute Gasteiger partial charge is 0.416 e. The first-order chi connectivity index (χ1) is 12.9. The van der Waals surface area contributed by atoms with Crippen molar-refractivity contribution in [2.75, 3.05) is 11.1 Å². The summed E-state index contributed by atoms with van der Waals surface area (Å²) >= 11 is 0. The number of hydrogen-bond acceptors (Lipinski definition) is 6. The number of nitriles is 1. The van der Waals surface area contributed by atoms with Crippen LogP contribution in [0.2, 0.25) is 0 Å². The first-order valence-electron chi connectivity index (χ1n) is 7.77. The lowest BCUT2D eigenvalue weighted by Gasteiger charge is -2.12. The van der Waals surface area contributed by atoms with E-state index in [-0.39, 0.29) is 29.6 Å². The maximum Gasteiger partial charge on any atom is 0.416 e. The van der Waals surface area contributed by atoms with Crippen LogP contribution in [-0.2, 0) is 12.7 Å². The number of halogens is 3. The Labute approximate surface area is 152 Å². The first-order valence-corrected chi connectivity index (χ1v) is 7.77. The number of nitrogen functional groups attached to an aromatic ring is 1. The lowest BCUT2D eigenvalue weighted by molar-refractivity contribution is -0.137. The van der Waals surface area contributed by atoms with E-state index in [1.54, 1.807) is 24.4 Å². The minimum Gasteiger partial charge on any atom is -0.368 e. The fourth-order valence-corrected chi connectivity index (χ4v) is 2.40. The molecule has 0 spiro atoms. The van der Waals surface area contributed by atoms with Gasteiger partial charge in [0.15, 0.2) is 5.82 Å². The highest BCUT2D eigenvalue weighted by molar-refractivity contribution is 5.71. The predicted octanol–water partition coefficient (Wildman–Crippen LogP) is 3.62. The summed E-state index contributed by atoms with van der Waals surface area (Å²) in [5, 5.41) is 12.4. The van der Waals surface area contributed by atoms with Crippen molar-refractivity contribution in [2.45, 2.75) is 12.7 Å². The van der Waals surface area contributed by atoms with Crippen LogP contribution >= 0.6 is 0 Å². The molecule has 0 aliphatic carbocycles. The summed E-state index contributed by atoms with van der Waals surface area (Å²) < 4.78 is 37.9. The number of alkyl halides is 3. The Morgan fingerprint density at radius 1 is 1.07 bits per heavy atom. The Bertz CT molecular complexity index is 979. The molecule has 3 rings (SSSR count). The summed E-state index contributed by atoms with van der Waals surface area (Å²) in [6.07, 6.45) is -2.83. The van der Waals surface area contributed by atoms with E-state index >= 15 is 0 Å². The van der Waals surface area contributed by atoms with Gasteiger partial charge >= 0.3 is 6.18 Å². The standard InChI is InChI=1S/C18H13F3N6/c19-18(20,21)12-6-4-11(5-7-12)10-25-16-13(9-22)15(26-17(23)27-16)14-3-1-2-8-24-14/h1-8H,10H2,(H3,23,25,26,27). The van der Waals surface area contributed by atoms with Crippen molar-refractivity contribution in [3.05, 3.63) is 65.4 Å². The van der Waals surface area contributed by atoms with Crippen molar-refractivity contribution in [3.8, 4) is 17.5 Å². The van der Waals surface area contributed by atoms with Crippen LogP contribution in [0.3, 0.4) is 0 Å². The van der Waals surface area contributed by atoms with Crippen molar-refractivity contribution < 1.29 is 13.2 Å². The number of aromatic nitrogens is 3. The second-order valence-corrected chi connectivity index (χ2v) is 5.53. The van der Waals surface area contributed by atoms with Crippen LogP contribution in [0.4, 0.5) is 24.9 Å². The molecule has 136 valence electrons. The Hall–Kier alpha value is -3.67. The summed E-state index contributed by atoms with van der Waals surface area (Å²) in [6, 6.07) is 11.9. The molecule has 3 N–H and O–H groups in total. The fraction of sp³-hybridized carbons (Fsp3) is 0.111. The van der Waals surface area contributed by atoms with E-state index in [1.807, 2.05) is 6.07 Å². The van der Waals surface area contributed by atoms with Crippen molar-refractivity contribution in [1.82, 2.24) is 15.0 Å². The minimum atomic E-state index is -4.39. The highest BCUT2D eigenvalue weighted by Crippen LogP contribution is 2.29. The quantitative estimate of drug-likeness (QED) is 0.727. The predicted molar refractivity (Wildman–Crippen MR) is 93.2 cm³/mol. The summed E-state index contributed by atoms with van der Waals surface area (Å²) in [6.45, 7) is 0.158. The first kappa shape index (κ1) is 18.1. The summed E-state index contributed by atoms with van der Waals surface area (Å²) in [5.41, 5.74) is 6.48. The van der Waals surface area contributed by atoms with Gasteiger partial charge in [-0.15, -0.1) is 0 Å². The number of benzene rings is 1. The molecule has 0 bridgehead atoms. The fourth-order valence-electron chi connectivity index (χ4n) is 2.40. The molecule has 6 nitrogen and oxygen atoms in total. The number of nitrogens with one attached hydrogen (secondary N) is 1. The van der Waals surface area contributed by atoms with Gasteiger partial charge in [0.05, 0.1) is 11.3 Å². The number of anilines is 2. The smallest absolute Gasteiger partial charge is 0.368 e. The number of rotatable bonds is 4. The lowest BCUT2D eigenvalue weighted by Crippen LogP contribution is -2.09. The summed E-state index contributed by atoms with van der Waals surface area (Å²) in [5.74, 6) is 0.134. The molecule has 0 aliphatic heterocycles. The molecule has 9 heteroatoms. The van der Waals surface area contributed by atoms with Gasteiger partial charge in [-0.25, -0.2) is 4.98 Å². The number of nitrogens with two attached hydrogens (primary N) is 1. The van der Waals surface area contributed by atoms with Gasteiger partial charge in [-0.05, 0) is 29.8 Å². The summed E-state index contributed by atoms with van der Waals surface area (Å²) in [4.78, 5) is 12.3. The lowest BCUT2D eigenvalue weighted by atomic mass is 10.1. The van der Waals surface area contributed by atoms with E-state index in [4.69, 9.17) is 5.73 Å². The van der Waals surface area contributed by atoms with E-state index in [0.29, 0.717) is 11.3 Å². The second kappa shape index (κ2) is 7.29. The molecule has 0 saturated heterocycles. The SMILES string of the molecule is N#Cc1c(NCc2ccc(C(F)(F)F)cc2)nc(N)nc1-c1ccccn1. The van der Waals surface area contributed by atoms with Gasteiger partial charge in [-0.3, -0.25) is 4.98 Å². The van der Waals surface area contributed by atoms with Crippen LogP contribution in [-0.4, -0.2) is 15.0 Å². The molecule has 0 fully saturated rings. The van der Waals surface area contributed by atoms with Crippen molar-refractivity contribution in [1.29, 1.82) is 5.26 Å². The molecule has 0 saturated carbocycles.